The van der Waals surface area contributed by atoms with Crippen LogP contribution in [0.15, 0.2) is 29.4 Å². The van der Waals surface area contributed by atoms with Gasteiger partial charge in [0.15, 0.2) is 17.3 Å². The highest BCUT2D eigenvalue weighted by Crippen LogP contribution is 2.19. The van der Waals surface area contributed by atoms with Crippen molar-refractivity contribution in [2.24, 2.45) is 5.84 Å². The molecule has 0 aliphatic rings. The number of aryl methyl sites for hydroxylation is 1. The summed E-state index contributed by atoms with van der Waals surface area (Å²) in [6.07, 6.45) is 5.39. The number of imidazole rings is 1. The highest BCUT2D eigenvalue weighted by Gasteiger charge is 2.07. The van der Waals surface area contributed by atoms with E-state index in [1.54, 1.807) is 23.7 Å². The van der Waals surface area contributed by atoms with Gasteiger partial charge in [-0.25, -0.2) is 15.8 Å². The molecule has 7 heteroatoms. The maximum Gasteiger partial charge on any atom is 0.180 e. The maximum absolute atomic E-state index is 5.42. The fourth-order valence-electron chi connectivity index (χ4n) is 1.87. The first-order chi connectivity index (χ1) is 9.28. The van der Waals surface area contributed by atoms with Crippen LogP contribution in [0.1, 0.15) is 11.1 Å². The van der Waals surface area contributed by atoms with Crippen LogP contribution in [0.3, 0.4) is 0 Å². The van der Waals surface area contributed by atoms with Gasteiger partial charge >= 0.3 is 0 Å². The molecular weight excluding hydrogens is 260 g/mol. The van der Waals surface area contributed by atoms with Crippen LogP contribution in [-0.4, -0.2) is 14.4 Å². The minimum absolute atomic E-state index is 0.593. The van der Waals surface area contributed by atoms with Crippen molar-refractivity contribution in [1.82, 2.24) is 14.4 Å². The zero-order valence-electron chi connectivity index (χ0n) is 10.4. The molecule has 0 saturated carbocycles. The van der Waals surface area contributed by atoms with Crippen LogP contribution in [-0.2, 0) is 6.54 Å². The van der Waals surface area contributed by atoms with Gasteiger partial charge in [0.2, 0.25) is 0 Å². The van der Waals surface area contributed by atoms with E-state index in [4.69, 9.17) is 5.84 Å². The minimum Gasteiger partial charge on any atom is -0.363 e. The Morgan fingerprint density at radius 1 is 1.42 bits per heavy atom. The van der Waals surface area contributed by atoms with Crippen LogP contribution in [0, 0.1) is 6.92 Å². The van der Waals surface area contributed by atoms with Crippen molar-refractivity contribution in [3.8, 4) is 0 Å². The zero-order valence-corrected chi connectivity index (χ0v) is 11.2. The van der Waals surface area contributed by atoms with Crippen LogP contribution >= 0.6 is 11.3 Å². The highest BCUT2D eigenvalue weighted by atomic mass is 32.1. The number of aromatic nitrogens is 3. The summed E-state index contributed by atoms with van der Waals surface area (Å²) in [6.45, 7) is 2.82. The lowest BCUT2D eigenvalue weighted by Crippen LogP contribution is -2.12. The fraction of sp³-hybridized carbons (Fsp3) is 0.167. The van der Waals surface area contributed by atoms with E-state index in [-0.39, 0.29) is 0 Å². The summed E-state index contributed by atoms with van der Waals surface area (Å²) in [5.74, 6) is 6.73. The summed E-state index contributed by atoms with van der Waals surface area (Å²) >= 11 is 1.70. The Morgan fingerprint density at radius 3 is 3.05 bits per heavy atom. The molecular formula is C12H14N6S. The summed E-state index contributed by atoms with van der Waals surface area (Å²) in [4.78, 5) is 8.68. The standard InChI is InChI=1S/C12H14N6S/c1-8-6-19-7-9(8)4-15-11-12-14-2-3-18(12)5-10(16-11)17-13/h2-3,5-7,17H,4,13H2,1H3,(H,15,16). The quantitative estimate of drug-likeness (QED) is 0.501. The topological polar surface area (TPSA) is 80.3 Å². The largest absolute Gasteiger partial charge is 0.363 e. The molecule has 3 aromatic heterocycles. The number of nitrogens with one attached hydrogen (secondary N) is 2. The number of hydrazine groups is 1. The lowest BCUT2D eigenvalue weighted by Gasteiger charge is -2.09. The molecule has 0 fully saturated rings. The second-order valence-electron chi connectivity index (χ2n) is 4.21. The van der Waals surface area contributed by atoms with Gasteiger partial charge in [0.05, 0.1) is 6.20 Å². The van der Waals surface area contributed by atoms with E-state index >= 15 is 0 Å². The molecule has 0 bridgehead atoms. The number of fused-ring (bicyclic) bond motifs is 1. The molecule has 0 spiro atoms. The molecule has 3 aromatic rings. The first kappa shape index (κ1) is 11.9. The molecule has 6 nitrogen and oxygen atoms in total. The Hall–Kier alpha value is -2.12. The number of hydrogen-bond donors (Lipinski definition) is 3. The van der Waals surface area contributed by atoms with E-state index in [0.717, 1.165) is 12.2 Å². The molecule has 0 radical (unpaired) electrons. The van der Waals surface area contributed by atoms with Crippen molar-refractivity contribution < 1.29 is 0 Å². The summed E-state index contributed by atoms with van der Waals surface area (Å²) in [5.41, 5.74) is 5.89. The molecule has 0 unspecified atom stereocenters. The lowest BCUT2D eigenvalue weighted by atomic mass is 10.2. The van der Waals surface area contributed by atoms with E-state index < -0.39 is 0 Å². The molecule has 0 aromatic carbocycles. The van der Waals surface area contributed by atoms with E-state index in [1.807, 2.05) is 10.6 Å². The van der Waals surface area contributed by atoms with E-state index in [9.17, 15) is 0 Å². The Bertz CT molecular complexity index is 701. The van der Waals surface area contributed by atoms with Crippen LogP contribution in [0.5, 0.6) is 0 Å². The van der Waals surface area contributed by atoms with Crippen molar-refractivity contribution in [2.45, 2.75) is 13.5 Å². The van der Waals surface area contributed by atoms with Gasteiger partial charge in [0.25, 0.3) is 0 Å². The number of nitrogens with zero attached hydrogens (tertiary/aromatic N) is 3. The van der Waals surface area contributed by atoms with Gasteiger partial charge in [-0.15, -0.1) is 0 Å². The molecule has 0 aliphatic carbocycles. The average molecular weight is 274 g/mol. The molecule has 0 amide bonds. The van der Waals surface area contributed by atoms with Gasteiger partial charge in [-0.05, 0) is 28.8 Å². The second kappa shape index (κ2) is 4.87. The molecule has 0 aliphatic heterocycles. The molecule has 0 saturated heterocycles. The highest BCUT2D eigenvalue weighted by molar-refractivity contribution is 7.08. The summed E-state index contributed by atoms with van der Waals surface area (Å²) < 4.78 is 1.88. The Labute approximate surface area is 114 Å². The third-order valence-electron chi connectivity index (χ3n) is 2.93. The van der Waals surface area contributed by atoms with E-state index in [1.165, 1.54) is 11.1 Å². The van der Waals surface area contributed by atoms with Gasteiger partial charge in [-0.2, -0.15) is 11.3 Å². The van der Waals surface area contributed by atoms with Crippen molar-refractivity contribution in [2.75, 3.05) is 10.7 Å². The lowest BCUT2D eigenvalue weighted by molar-refractivity contribution is 1.06. The molecule has 19 heavy (non-hydrogen) atoms. The van der Waals surface area contributed by atoms with Crippen LogP contribution in [0.2, 0.25) is 0 Å². The average Bonchev–Trinajstić information content (AvgIpc) is 3.04. The Kier molecular flexibility index (Phi) is 3.06. The Morgan fingerprint density at radius 2 is 2.32 bits per heavy atom. The smallest absolute Gasteiger partial charge is 0.180 e. The van der Waals surface area contributed by atoms with Crippen molar-refractivity contribution in [1.29, 1.82) is 0 Å². The van der Waals surface area contributed by atoms with Gasteiger partial charge in [-0.1, -0.05) is 0 Å². The van der Waals surface area contributed by atoms with Gasteiger partial charge < -0.3 is 15.1 Å². The van der Waals surface area contributed by atoms with E-state index in [2.05, 4.69) is 38.4 Å². The fourth-order valence-corrected chi connectivity index (χ4v) is 2.72. The maximum atomic E-state index is 5.42. The van der Waals surface area contributed by atoms with Crippen molar-refractivity contribution in [3.05, 3.63) is 40.5 Å². The predicted molar refractivity (Wildman–Crippen MR) is 77.2 cm³/mol. The zero-order chi connectivity index (χ0) is 13.2. The summed E-state index contributed by atoms with van der Waals surface area (Å²) in [5, 5.41) is 7.58. The third kappa shape index (κ3) is 2.25. The number of nitrogen functional groups attached to an aromatic ring is 1. The number of anilines is 2. The molecule has 3 heterocycles. The second-order valence-corrected chi connectivity index (χ2v) is 4.95. The molecule has 3 rings (SSSR count). The number of nitrogens with two attached hydrogens (primary N) is 1. The predicted octanol–water partition coefficient (Wildman–Crippen LogP) is 2.00. The number of rotatable bonds is 4. The van der Waals surface area contributed by atoms with Crippen molar-refractivity contribution in [3.63, 3.8) is 0 Å². The normalized spacial score (nSPS) is 10.8. The van der Waals surface area contributed by atoms with Crippen molar-refractivity contribution >= 4 is 28.6 Å². The molecule has 4 N–H and O–H groups in total. The number of thiophene rings is 1. The summed E-state index contributed by atoms with van der Waals surface area (Å²) in [6, 6.07) is 0. The SMILES string of the molecule is Cc1cscc1CNc1nc(NN)cn2ccnc12. The summed E-state index contributed by atoms with van der Waals surface area (Å²) in [7, 11) is 0. The van der Waals surface area contributed by atoms with Gasteiger partial charge in [0.1, 0.15) is 0 Å². The Balaban J connectivity index is 1.91. The van der Waals surface area contributed by atoms with Gasteiger partial charge in [-0.3, -0.25) is 0 Å². The number of hydrogen-bond acceptors (Lipinski definition) is 6. The first-order valence-electron chi connectivity index (χ1n) is 5.84. The van der Waals surface area contributed by atoms with Gasteiger partial charge in [0, 0.05) is 18.9 Å². The van der Waals surface area contributed by atoms with Crippen LogP contribution < -0.4 is 16.6 Å². The first-order valence-corrected chi connectivity index (χ1v) is 6.78. The molecule has 0 atom stereocenters. The molecule has 98 valence electrons. The monoisotopic (exact) mass is 274 g/mol. The van der Waals surface area contributed by atoms with Crippen LogP contribution in [0.4, 0.5) is 11.6 Å². The van der Waals surface area contributed by atoms with E-state index in [0.29, 0.717) is 11.6 Å². The third-order valence-corrected chi connectivity index (χ3v) is 3.84. The minimum atomic E-state index is 0.593. The van der Waals surface area contributed by atoms with Crippen LogP contribution in [0.25, 0.3) is 5.65 Å².